The molecule has 0 spiro atoms. The Kier molecular flexibility index (Phi) is 6.72. The quantitative estimate of drug-likeness (QED) is 0.573. The van der Waals surface area contributed by atoms with E-state index >= 15 is 0 Å². The third-order valence-corrected chi connectivity index (χ3v) is 5.33. The molecule has 33 heavy (non-hydrogen) atoms. The van der Waals surface area contributed by atoms with E-state index in [0.29, 0.717) is 36.1 Å². The first-order chi connectivity index (χ1) is 15.9. The molecule has 0 amide bonds. The van der Waals surface area contributed by atoms with E-state index in [1.54, 1.807) is 48.5 Å². The first-order valence-electron chi connectivity index (χ1n) is 10.8. The molecule has 0 unspecified atom stereocenters. The van der Waals surface area contributed by atoms with E-state index in [1.807, 2.05) is 26.0 Å². The summed E-state index contributed by atoms with van der Waals surface area (Å²) in [5.41, 5.74) is 0.290. The number of aliphatic imine (C=N–C) groups is 2. The van der Waals surface area contributed by atoms with Gasteiger partial charge in [-0.05, 0) is 38.1 Å². The van der Waals surface area contributed by atoms with Gasteiger partial charge in [0.1, 0.15) is 43.9 Å². The number of nitrogens with zero attached hydrogens (tertiary/aromatic N) is 2. The highest BCUT2D eigenvalue weighted by atomic mass is 16.5. The van der Waals surface area contributed by atoms with Gasteiger partial charge in [-0.3, -0.25) is 0 Å². The summed E-state index contributed by atoms with van der Waals surface area (Å²) in [5, 5.41) is 0. The summed E-state index contributed by atoms with van der Waals surface area (Å²) in [7, 11) is 0. The van der Waals surface area contributed by atoms with Crippen LogP contribution in [0.25, 0.3) is 0 Å². The lowest BCUT2D eigenvalue weighted by Gasteiger charge is -2.22. The topological polar surface area (TPSA) is 95.8 Å². The molecule has 0 saturated carbocycles. The molecule has 2 atom stereocenters. The van der Waals surface area contributed by atoms with Crippen LogP contribution in [0.5, 0.6) is 0 Å². The van der Waals surface area contributed by atoms with Crippen molar-refractivity contribution in [1.82, 2.24) is 0 Å². The van der Waals surface area contributed by atoms with Crippen molar-refractivity contribution in [1.29, 1.82) is 0 Å². The molecule has 2 heterocycles. The molecule has 0 radical (unpaired) electrons. The molecule has 0 aliphatic carbocycles. The second kappa shape index (κ2) is 9.85. The molecule has 0 bridgehead atoms. The van der Waals surface area contributed by atoms with Crippen LogP contribution in [0.15, 0.2) is 70.6 Å². The van der Waals surface area contributed by atoms with E-state index in [-0.39, 0.29) is 25.3 Å². The maximum absolute atomic E-state index is 12.1. The number of benzene rings is 2. The molecule has 8 heteroatoms. The Morgan fingerprint density at radius 3 is 1.58 bits per heavy atom. The van der Waals surface area contributed by atoms with E-state index < -0.39 is 17.4 Å². The molecule has 4 rings (SSSR count). The minimum atomic E-state index is -0.698. The number of hydrogen-bond acceptors (Lipinski definition) is 8. The van der Waals surface area contributed by atoms with E-state index in [4.69, 9.17) is 18.9 Å². The van der Waals surface area contributed by atoms with Gasteiger partial charge in [0.15, 0.2) is 11.8 Å². The lowest BCUT2D eigenvalue weighted by atomic mass is 9.93. The van der Waals surface area contributed by atoms with Crippen LogP contribution in [0.1, 0.15) is 34.6 Å². The second-order valence-corrected chi connectivity index (χ2v) is 8.35. The van der Waals surface area contributed by atoms with Crippen molar-refractivity contribution in [3.8, 4) is 0 Å². The van der Waals surface area contributed by atoms with Crippen LogP contribution in [-0.4, -0.2) is 62.2 Å². The van der Waals surface area contributed by atoms with Crippen molar-refractivity contribution in [3.05, 3.63) is 71.8 Å². The van der Waals surface area contributed by atoms with Crippen molar-refractivity contribution in [3.63, 3.8) is 0 Å². The van der Waals surface area contributed by atoms with Gasteiger partial charge in [0, 0.05) is 0 Å². The van der Waals surface area contributed by atoms with Gasteiger partial charge in [0.25, 0.3) is 0 Å². The Morgan fingerprint density at radius 1 is 0.788 bits per heavy atom. The molecule has 0 aromatic heterocycles. The molecular formula is C25H26N2O6. The van der Waals surface area contributed by atoms with Gasteiger partial charge in [-0.1, -0.05) is 36.4 Å². The second-order valence-electron chi connectivity index (χ2n) is 8.35. The molecule has 2 aliphatic rings. The number of ether oxygens (including phenoxy) is 4. The van der Waals surface area contributed by atoms with Gasteiger partial charge in [0.2, 0.25) is 0 Å². The molecule has 0 saturated heterocycles. The summed E-state index contributed by atoms with van der Waals surface area (Å²) in [4.78, 5) is 33.4. The fourth-order valence-electron chi connectivity index (χ4n) is 3.44. The van der Waals surface area contributed by atoms with Crippen LogP contribution < -0.4 is 0 Å². The van der Waals surface area contributed by atoms with Crippen LogP contribution in [0.2, 0.25) is 0 Å². The molecule has 2 aromatic rings. The van der Waals surface area contributed by atoms with E-state index in [1.165, 1.54) is 0 Å². The summed E-state index contributed by atoms with van der Waals surface area (Å²) in [6.07, 6.45) is 0. The smallest absolute Gasteiger partial charge is 0.338 e. The van der Waals surface area contributed by atoms with E-state index in [9.17, 15) is 9.59 Å². The van der Waals surface area contributed by atoms with Crippen LogP contribution in [0.4, 0.5) is 0 Å². The third kappa shape index (κ3) is 5.39. The summed E-state index contributed by atoms with van der Waals surface area (Å²) in [6, 6.07) is 17.0. The van der Waals surface area contributed by atoms with E-state index in [0.717, 1.165) is 0 Å². The van der Waals surface area contributed by atoms with Gasteiger partial charge in [-0.15, -0.1) is 0 Å². The highest BCUT2D eigenvalue weighted by Crippen LogP contribution is 2.29. The largest absolute Gasteiger partial charge is 0.478 e. The Labute approximate surface area is 192 Å². The normalized spacial score (nSPS) is 19.7. The zero-order chi connectivity index (χ0) is 23.3. The number of hydrogen-bond donors (Lipinski definition) is 0. The Hall–Kier alpha value is -3.68. The van der Waals surface area contributed by atoms with Gasteiger partial charge in [-0.25, -0.2) is 19.6 Å². The van der Waals surface area contributed by atoms with Gasteiger partial charge < -0.3 is 18.9 Å². The molecular weight excluding hydrogens is 424 g/mol. The molecule has 2 aliphatic heterocycles. The van der Waals surface area contributed by atoms with Crippen LogP contribution >= 0.6 is 0 Å². The fourth-order valence-corrected chi connectivity index (χ4v) is 3.44. The first-order valence-corrected chi connectivity index (χ1v) is 10.8. The third-order valence-electron chi connectivity index (χ3n) is 5.33. The van der Waals surface area contributed by atoms with Crippen LogP contribution in [0.3, 0.4) is 0 Å². The molecule has 2 aromatic carbocycles. The van der Waals surface area contributed by atoms with Crippen LogP contribution in [0, 0.1) is 5.41 Å². The summed E-state index contributed by atoms with van der Waals surface area (Å²) in [5.74, 6) is 0.165. The molecule has 172 valence electrons. The van der Waals surface area contributed by atoms with Crippen molar-refractivity contribution < 1.29 is 28.5 Å². The first kappa shape index (κ1) is 22.5. The molecule has 8 nitrogen and oxygen atoms in total. The van der Waals surface area contributed by atoms with Crippen molar-refractivity contribution in [2.75, 3.05) is 26.4 Å². The summed E-state index contributed by atoms with van der Waals surface area (Å²) in [6.45, 7) is 4.68. The zero-order valence-electron chi connectivity index (χ0n) is 18.6. The standard InChI is InChI=1S/C25H26N2O6/c1-25(2,23-26-19(15-32-23)13-30-21(28)17-9-5-3-6-10-17)24-27-20(16-33-24)14-31-22(29)18-11-7-4-8-12-18/h3-12,19-20H,13-16H2,1-2H3/t19-,20-/m0/s1. The summed E-state index contributed by atoms with van der Waals surface area (Å²) >= 11 is 0. The summed E-state index contributed by atoms with van der Waals surface area (Å²) < 4.78 is 22.3. The Morgan fingerprint density at radius 2 is 1.18 bits per heavy atom. The SMILES string of the molecule is CC(C)(C1=N[C@@H](COC(=O)c2ccccc2)CO1)C1=N[C@@H](COC(=O)c2ccccc2)CO1. The average Bonchev–Trinajstić information content (AvgIpc) is 3.53. The Balaban J connectivity index is 1.31. The predicted molar refractivity (Wildman–Crippen MR) is 122 cm³/mol. The van der Waals surface area contributed by atoms with Crippen LogP contribution in [-0.2, 0) is 18.9 Å². The van der Waals surface area contributed by atoms with Gasteiger partial charge in [0.05, 0.1) is 11.1 Å². The lowest BCUT2D eigenvalue weighted by Crippen LogP contribution is -2.34. The minimum Gasteiger partial charge on any atom is -0.478 e. The van der Waals surface area contributed by atoms with Crippen molar-refractivity contribution >= 4 is 23.7 Å². The highest BCUT2D eigenvalue weighted by molar-refractivity contribution is 6.05. The lowest BCUT2D eigenvalue weighted by molar-refractivity contribution is 0.0463. The maximum atomic E-state index is 12.1. The predicted octanol–water partition coefficient (Wildman–Crippen LogP) is 3.32. The minimum absolute atomic E-state index is 0.124. The van der Waals surface area contributed by atoms with E-state index in [2.05, 4.69) is 9.98 Å². The maximum Gasteiger partial charge on any atom is 0.338 e. The fraction of sp³-hybridized carbons (Fsp3) is 0.360. The van der Waals surface area contributed by atoms with Crippen molar-refractivity contribution in [2.45, 2.75) is 25.9 Å². The Bertz CT molecular complexity index is 966. The number of esters is 2. The zero-order valence-corrected chi connectivity index (χ0v) is 18.6. The average molecular weight is 450 g/mol. The monoisotopic (exact) mass is 450 g/mol. The molecule has 0 fully saturated rings. The van der Waals surface area contributed by atoms with Gasteiger partial charge in [-0.2, -0.15) is 0 Å². The number of carbonyl (C=O) groups excluding carboxylic acids is 2. The van der Waals surface area contributed by atoms with Crippen molar-refractivity contribution in [2.24, 2.45) is 15.4 Å². The van der Waals surface area contributed by atoms with Gasteiger partial charge >= 0.3 is 11.9 Å². The highest BCUT2D eigenvalue weighted by Gasteiger charge is 2.41. The number of rotatable bonds is 8. The number of carbonyl (C=O) groups is 2. The molecule has 0 N–H and O–H groups in total.